The normalized spacial score (nSPS) is 17.7. The van der Waals surface area contributed by atoms with Gasteiger partial charge in [-0.2, -0.15) is 10.4 Å². The van der Waals surface area contributed by atoms with Gasteiger partial charge in [0.1, 0.15) is 6.07 Å². The van der Waals surface area contributed by atoms with Crippen LogP contribution in [0.4, 0.5) is 10.5 Å². The van der Waals surface area contributed by atoms with Gasteiger partial charge in [0, 0.05) is 11.7 Å². The molecule has 2 N–H and O–H groups in total. The summed E-state index contributed by atoms with van der Waals surface area (Å²) in [5, 5.41) is 24.6. The van der Waals surface area contributed by atoms with E-state index in [0.29, 0.717) is 17.0 Å². The Bertz CT molecular complexity index is 869. The number of rotatable bonds is 3. The maximum absolute atomic E-state index is 10.6. The summed E-state index contributed by atoms with van der Waals surface area (Å²) in [6, 6.07) is 5.19. The van der Waals surface area contributed by atoms with Crippen LogP contribution in [0.3, 0.4) is 0 Å². The van der Waals surface area contributed by atoms with Gasteiger partial charge in [-0.3, -0.25) is 5.32 Å². The molecule has 1 amide bonds. The van der Waals surface area contributed by atoms with E-state index in [2.05, 4.69) is 15.4 Å². The van der Waals surface area contributed by atoms with E-state index >= 15 is 0 Å². The second-order valence-corrected chi connectivity index (χ2v) is 6.91. The molecule has 3 heterocycles. The molecule has 2 aromatic rings. The quantitative estimate of drug-likeness (QED) is 0.801. The molecule has 0 saturated carbocycles. The minimum atomic E-state index is -1.17. The van der Waals surface area contributed by atoms with Gasteiger partial charge >= 0.3 is 13.2 Å². The highest BCUT2D eigenvalue weighted by Crippen LogP contribution is 2.36. The van der Waals surface area contributed by atoms with Gasteiger partial charge < -0.3 is 14.4 Å². The maximum Gasteiger partial charge on any atom is 0.499 e. The van der Waals surface area contributed by atoms with Crippen LogP contribution in [-0.4, -0.2) is 44.3 Å². The van der Waals surface area contributed by atoms with Crippen molar-refractivity contribution in [3.8, 4) is 11.9 Å². The van der Waals surface area contributed by atoms with Crippen LogP contribution >= 0.6 is 0 Å². The van der Waals surface area contributed by atoms with Crippen LogP contribution in [0.25, 0.3) is 5.82 Å². The van der Waals surface area contributed by atoms with Gasteiger partial charge in [-0.15, -0.1) is 0 Å². The Morgan fingerprint density at radius 1 is 1.31 bits per heavy atom. The lowest BCUT2D eigenvalue weighted by molar-refractivity contribution is 0.00578. The smallest absolute Gasteiger partial charge is 0.465 e. The molecule has 1 aliphatic heterocycles. The van der Waals surface area contributed by atoms with Crippen molar-refractivity contribution < 1.29 is 19.2 Å². The van der Waals surface area contributed by atoms with E-state index in [1.165, 1.54) is 10.9 Å². The van der Waals surface area contributed by atoms with Crippen molar-refractivity contribution >= 4 is 24.4 Å². The topological polar surface area (TPSA) is 122 Å². The van der Waals surface area contributed by atoms with Crippen molar-refractivity contribution in [3.63, 3.8) is 0 Å². The highest BCUT2D eigenvalue weighted by molar-refractivity contribution is 6.62. The maximum atomic E-state index is 10.6. The predicted octanol–water partition coefficient (Wildman–Crippen LogP) is 1.53. The number of nitrogens with one attached hydrogen (secondary N) is 1. The first-order valence-electron chi connectivity index (χ1n) is 7.94. The van der Waals surface area contributed by atoms with Gasteiger partial charge in [-0.1, -0.05) is 0 Å². The summed E-state index contributed by atoms with van der Waals surface area (Å²) in [7, 11) is -0.712. The standard InChI is InChI=1S/C16H18BN5O4/c1-15(2)16(3,4)26-17(25-15)11-9-22(21-12(11)7-18)13-6-5-10(8-19-13)20-14(23)24/h5-6,8-9,20H,1-4H3,(H,23,24). The summed E-state index contributed by atoms with van der Waals surface area (Å²) in [6.45, 7) is 7.72. The fourth-order valence-electron chi connectivity index (χ4n) is 2.45. The lowest BCUT2D eigenvalue weighted by Crippen LogP contribution is -2.41. The van der Waals surface area contributed by atoms with Crippen molar-refractivity contribution in [3.05, 3.63) is 30.2 Å². The number of aromatic nitrogens is 3. The van der Waals surface area contributed by atoms with Crippen LogP contribution in [0.5, 0.6) is 0 Å². The van der Waals surface area contributed by atoms with Crippen LogP contribution in [-0.2, 0) is 9.31 Å². The van der Waals surface area contributed by atoms with Gasteiger partial charge in [0.05, 0.1) is 23.1 Å². The third kappa shape index (κ3) is 3.14. The molecule has 0 unspecified atom stereocenters. The SMILES string of the molecule is CC1(C)OB(c2cn(-c3ccc(NC(=O)O)cn3)nc2C#N)OC1(C)C. The molecule has 3 rings (SSSR count). The molecule has 0 aliphatic carbocycles. The number of carboxylic acid groups (broad SMARTS) is 1. The Labute approximate surface area is 150 Å². The van der Waals surface area contributed by atoms with Crippen molar-refractivity contribution in [1.29, 1.82) is 5.26 Å². The van der Waals surface area contributed by atoms with Gasteiger partial charge in [-0.05, 0) is 39.8 Å². The molecule has 9 nitrogen and oxygen atoms in total. The molecular weight excluding hydrogens is 337 g/mol. The number of nitriles is 1. The molecule has 2 aromatic heterocycles. The fraction of sp³-hybridized carbons (Fsp3) is 0.375. The highest BCUT2D eigenvalue weighted by Gasteiger charge is 2.52. The monoisotopic (exact) mass is 355 g/mol. The van der Waals surface area contributed by atoms with E-state index in [0.717, 1.165) is 0 Å². The van der Waals surface area contributed by atoms with Gasteiger partial charge in [0.2, 0.25) is 0 Å². The predicted molar refractivity (Wildman–Crippen MR) is 93.4 cm³/mol. The average molecular weight is 355 g/mol. The summed E-state index contributed by atoms with van der Waals surface area (Å²) in [5.74, 6) is 0.431. The second-order valence-electron chi connectivity index (χ2n) is 6.91. The molecule has 0 aromatic carbocycles. The van der Waals surface area contributed by atoms with Crippen LogP contribution in [0.1, 0.15) is 33.4 Å². The van der Waals surface area contributed by atoms with Gasteiger partial charge in [-0.25, -0.2) is 14.5 Å². The van der Waals surface area contributed by atoms with E-state index in [-0.39, 0.29) is 5.69 Å². The molecular formula is C16H18BN5O4. The summed E-state index contributed by atoms with van der Waals surface area (Å²) in [6.07, 6.45) is 1.83. The number of hydrogen-bond donors (Lipinski definition) is 2. The Morgan fingerprint density at radius 2 is 1.96 bits per heavy atom. The molecule has 0 spiro atoms. The van der Waals surface area contributed by atoms with Crippen molar-refractivity contribution in [1.82, 2.24) is 14.8 Å². The van der Waals surface area contributed by atoms with Gasteiger partial charge in [0.25, 0.3) is 0 Å². The minimum Gasteiger partial charge on any atom is -0.465 e. The molecule has 1 saturated heterocycles. The zero-order valence-electron chi connectivity index (χ0n) is 14.8. The van der Waals surface area contributed by atoms with E-state index in [1.54, 1.807) is 18.3 Å². The van der Waals surface area contributed by atoms with Crippen LogP contribution in [0.15, 0.2) is 24.5 Å². The first-order chi connectivity index (χ1) is 12.1. The van der Waals surface area contributed by atoms with Crippen molar-refractivity contribution in [2.24, 2.45) is 0 Å². The third-order valence-electron chi connectivity index (χ3n) is 4.59. The summed E-state index contributed by atoms with van der Waals surface area (Å²) in [4.78, 5) is 14.8. The number of nitrogens with zero attached hydrogens (tertiary/aromatic N) is 4. The molecule has 0 atom stereocenters. The molecule has 0 radical (unpaired) electrons. The van der Waals surface area contributed by atoms with Crippen LogP contribution in [0.2, 0.25) is 0 Å². The highest BCUT2D eigenvalue weighted by atomic mass is 16.7. The summed E-state index contributed by atoms with van der Waals surface area (Å²) < 4.78 is 13.4. The van der Waals surface area contributed by atoms with E-state index in [9.17, 15) is 10.1 Å². The molecule has 1 aliphatic rings. The summed E-state index contributed by atoms with van der Waals surface area (Å²) >= 11 is 0. The van der Waals surface area contributed by atoms with E-state index < -0.39 is 24.4 Å². The minimum absolute atomic E-state index is 0.179. The first-order valence-corrected chi connectivity index (χ1v) is 7.94. The molecule has 1 fully saturated rings. The largest absolute Gasteiger partial charge is 0.499 e. The van der Waals surface area contributed by atoms with E-state index in [4.69, 9.17) is 14.4 Å². The fourth-order valence-corrected chi connectivity index (χ4v) is 2.45. The zero-order chi connectivity index (χ0) is 19.1. The lowest BCUT2D eigenvalue weighted by Gasteiger charge is -2.32. The molecule has 10 heteroatoms. The lowest BCUT2D eigenvalue weighted by atomic mass is 9.79. The number of pyridine rings is 1. The van der Waals surface area contributed by atoms with Crippen molar-refractivity contribution in [2.45, 2.75) is 38.9 Å². The third-order valence-corrected chi connectivity index (χ3v) is 4.59. The van der Waals surface area contributed by atoms with E-state index in [1.807, 2.05) is 33.8 Å². The first kappa shape index (κ1) is 17.9. The zero-order valence-corrected chi connectivity index (χ0v) is 14.8. The number of amides is 1. The number of carbonyl (C=O) groups is 1. The molecule has 0 bridgehead atoms. The molecule has 134 valence electrons. The number of anilines is 1. The Morgan fingerprint density at radius 3 is 2.46 bits per heavy atom. The summed E-state index contributed by atoms with van der Waals surface area (Å²) in [5.41, 5.74) is -0.0390. The Hall–Kier alpha value is -2.90. The van der Waals surface area contributed by atoms with Crippen molar-refractivity contribution in [2.75, 3.05) is 5.32 Å². The second kappa shape index (κ2) is 6.12. The Kier molecular flexibility index (Phi) is 4.22. The number of hydrogen-bond acceptors (Lipinski definition) is 6. The van der Waals surface area contributed by atoms with Gasteiger partial charge in [0.15, 0.2) is 11.5 Å². The molecule has 26 heavy (non-hydrogen) atoms. The average Bonchev–Trinajstić information content (AvgIpc) is 3.06. The van der Waals surface area contributed by atoms with Crippen LogP contribution < -0.4 is 10.8 Å². The Balaban J connectivity index is 1.91. The van der Waals surface area contributed by atoms with Crippen LogP contribution in [0, 0.1) is 11.3 Å².